The zero-order chi connectivity index (χ0) is 14.9. The Labute approximate surface area is 126 Å². The van der Waals surface area contributed by atoms with Crippen molar-refractivity contribution in [1.29, 1.82) is 0 Å². The van der Waals surface area contributed by atoms with Crippen LogP contribution in [0.4, 0.5) is 0 Å². The number of unbranched alkanes of at least 4 members (excludes halogenated alkanes) is 5. The standard InChI is InChI=1S/C18H34O2/c1-4-7-8-9-10-11-12-13-14-15-18(19-16-5-2)20-17-6-3/h4,7-8,18H,1,5-6,9-17H2,2-3H3/b8-7+. The average molecular weight is 282 g/mol. The number of hydrogen-bond donors (Lipinski definition) is 0. The fourth-order valence-corrected chi connectivity index (χ4v) is 2.01. The predicted molar refractivity (Wildman–Crippen MR) is 87.9 cm³/mol. The van der Waals surface area contributed by atoms with Crippen LogP contribution in [0.1, 0.15) is 71.6 Å². The van der Waals surface area contributed by atoms with Crippen LogP contribution < -0.4 is 0 Å². The number of rotatable bonds is 15. The number of hydrogen-bond acceptors (Lipinski definition) is 2. The van der Waals surface area contributed by atoms with Gasteiger partial charge in [-0.25, -0.2) is 0 Å². The van der Waals surface area contributed by atoms with E-state index in [1.165, 1.54) is 38.5 Å². The van der Waals surface area contributed by atoms with Crippen molar-refractivity contribution >= 4 is 0 Å². The molecule has 0 aromatic heterocycles. The maximum absolute atomic E-state index is 5.72. The fourth-order valence-electron chi connectivity index (χ4n) is 2.01. The van der Waals surface area contributed by atoms with Crippen molar-refractivity contribution in [3.63, 3.8) is 0 Å². The first-order valence-electron chi connectivity index (χ1n) is 8.35. The highest BCUT2D eigenvalue weighted by Crippen LogP contribution is 2.12. The van der Waals surface area contributed by atoms with Crippen LogP contribution in [0.25, 0.3) is 0 Å². The van der Waals surface area contributed by atoms with Gasteiger partial charge in [-0.1, -0.05) is 57.9 Å². The van der Waals surface area contributed by atoms with Gasteiger partial charge in [0.05, 0.1) is 0 Å². The molecule has 118 valence electrons. The van der Waals surface area contributed by atoms with Gasteiger partial charge in [0.15, 0.2) is 6.29 Å². The van der Waals surface area contributed by atoms with Crippen LogP contribution in [0.15, 0.2) is 24.8 Å². The molecule has 2 nitrogen and oxygen atoms in total. The van der Waals surface area contributed by atoms with Gasteiger partial charge in [0.25, 0.3) is 0 Å². The highest BCUT2D eigenvalue weighted by atomic mass is 16.7. The third-order valence-electron chi connectivity index (χ3n) is 3.10. The quantitative estimate of drug-likeness (QED) is 0.220. The molecule has 0 spiro atoms. The summed E-state index contributed by atoms with van der Waals surface area (Å²) in [4.78, 5) is 0. The van der Waals surface area contributed by atoms with E-state index in [0.29, 0.717) is 0 Å². The van der Waals surface area contributed by atoms with Crippen LogP contribution in [-0.4, -0.2) is 19.5 Å². The summed E-state index contributed by atoms with van der Waals surface area (Å²) in [6.07, 6.45) is 16.8. The van der Waals surface area contributed by atoms with E-state index in [0.717, 1.165) is 32.5 Å². The Kier molecular flexibility index (Phi) is 16.0. The van der Waals surface area contributed by atoms with Gasteiger partial charge >= 0.3 is 0 Å². The molecule has 0 aromatic rings. The summed E-state index contributed by atoms with van der Waals surface area (Å²) in [7, 11) is 0. The zero-order valence-electron chi connectivity index (χ0n) is 13.6. The van der Waals surface area contributed by atoms with E-state index in [1.54, 1.807) is 0 Å². The van der Waals surface area contributed by atoms with Gasteiger partial charge in [-0.2, -0.15) is 0 Å². The smallest absolute Gasteiger partial charge is 0.157 e. The van der Waals surface area contributed by atoms with Crippen LogP contribution in [0, 0.1) is 0 Å². The summed E-state index contributed by atoms with van der Waals surface area (Å²) < 4.78 is 11.4. The third kappa shape index (κ3) is 13.8. The van der Waals surface area contributed by atoms with Crippen molar-refractivity contribution in [3.05, 3.63) is 24.8 Å². The highest BCUT2D eigenvalue weighted by Gasteiger charge is 2.07. The minimum absolute atomic E-state index is 0.0189. The molecule has 0 saturated heterocycles. The molecular formula is C18H34O2. The summed E-state index contributed by atoms with van der Waals surface area (Å²) in [5.41, 5.74) is 0. The maximum atomic E-state index is 5.72. The molecule has 0 N–H and O–H groups in total. The number of allylic oxidation sites excluding steroid dienone is 3. The van der Waals surface area contributed by atoms with E-state index in [4.69, 9.17) is 9.47 Å². The first-order valence-corrected chi connectivity index (χ1v) is 8.35. The van der Waals surface area contributed by atoms with Crippen molar-refractivity contribution in [3.8, 4) is 0 Å². The maximum Gasteiger partial charge on any atom is 0.157 e. The fraction of sp³-hybridized carbons (Fsp3) is 0.778. The van der Waals surface area contributed by atoms with E-state index in [2.05, 4.69) is 26.5 Å². The summed E-state index contributed by atoms with van der Waals surface area (Å²) in [6, 6.07) is 0. The SMILES string of the molecule is C=C/C=C/CCCCCCCC(OCCC)OCCC. The van der Waals surface area contributed by atoms with Crippen molar-refractivity contribution in [1.82, 2.24) is 0 Å². The second-order valence-corrected chi connectivity index (χ2v) is 5.18. The van der Waals surface area contributed by atoms with Crippen LogP contribution >= 0.6 is 0 Å². The lowest BCUT2D eigenvalue weighted by atomic mass is 10.1. The molecule has 0 aliphatic heterocycles. The Balaban J connectivity index is 3.46. The Bertz CT molecular complexity index is 215. The molecule has 0 unspecified atom stereocenters. The second-order valence-electron chi connectivity index (χ2n) is 5.18. The molecule has 0 saturated carbocycles. The van der Waals surface area contributed by atoms with E-state index < -0.39 is 0 Å². The summed E-state index contributed by atoms with van der Waals surface area (Å²) in [5.74, 6) is 0. The highest BCUT2D eigenvalue weighted by molar-refractivity contribution is 4.96. The normalized spacial score (nSPS) is 11.6. The summed E-state index contributed by atoms with van der Waals surface area (Å²) in [6.45, 7) is 9.56. The molecule has 0 aromatic carbocycles. The van der Waals surface area contributed by atoms with E-state index in [9.17, 15) is 0 Å². The van der Waals surface area contributed by atoms with Gasteiger partial charge in [-0.3, -0.25) is 0 Å². The molecule has 0 rings (SSSR count). The van der Waals surface area contributed by atoms with Gasteiger partial charge < -0.3 is 9.47 Å². The Morgan fingerprint density at radius 1 is 0.900 bits per heavy atom. The molecule has 0 atom stereocenters. The predicted octanol–water partition coefficient (Wildman–Crippen LogP) is 5.64. The van der Waals surface area contributed by atoms with Gasteiger partial charge in [-0.05, 0) is 38.5 Å². The van der Waals surface area contributed by atoms with Gasteiger partial charge in [0.1, 0.15) is 0 Å². The largest absolute Gasteiger partial charge is 0.353 e. The van der Waals surface area contributed by atoms with Gasteiger partial charge in [0.2, 0.25) is 0 Å². The number of ether oxygens (including phenoxy) is 2. The Hall–Kier alpha value is -0.600. The van der Waals surface area contributed by atoms with Crippen LogP contribution in [0.5, 0.6) is 0 Å². The van der Waals surface area contributed by atoms with Crippen LogP contribution in [0.2, 0.25) is 0 Å². The lowest BCUT2D eigenvalue weighted by Gasteiger charge is -2.18. The summed E-state index contributed by atoms with van der Waals surface area (Å²) >= 11 is 0. The first kappa shape index (κ1) is 19.4. The molecule has 0 fully saturated rings. The van der Waals surface area contributed by atoms with E-state index in [1.807, 2.05) is 12.2 Å². The van der Waals surface area contributed by atoms with Gasteiger partial charge in [0, 0.05) is 13.2 Å². The molecule has 0 aliphatic carbocycles. The zero-order valence-corrected chi connectivity index (χ0v) is 13.6. The lowest BCUT2D eigenvalue weighted by molar-refractivity contribution is -0.146. The summed E-state index contributed by atoms with van der Waals surface area (Å²) in [5, 5.41) is 0. The molecular weight excluding hydrogens is 248 g/mol. The first-order chi connectivity index (χ1) is 9.85. The van der Waals surface area contributed by atoms with Gasteiger partial charge in [-0.15, -0.1) is 0 Å². The monoisotopic (exact) mass is 282 g/mol. The molecule has 2 heteroatoms. The second kappa shape index (κ2) is 16.5. The van der Waals surface area contributed by atoms with E-state index in [-0.39, 0.29) is 6.29 Å². The molecule has 0 bridgehead atoms. The molecule has 0 amide bonds. The molecule has 20 heavy (non-hydrogen) atoms. The Morgan fingerprint density at radius 3 is 2.10 bits per heavy atom. The van der Waals surface area contributed by atoms with Crippen LogP contribution in [0.3, 0.4) is 0 Å². The minimum atomic E-state index is 0.0189. The van der Waals surface area contributed by atoms with Crippen molar-refractivity contribution in [2.24, 2.45) is 0 Å². The Morgan fingerprint density at radius 2 is 1.50 bits per heavy atom. The van der Waals surface area contributed by atoms with Crippen molar-refractivity contribution in [2.75, 3.05) is 13.2 Å². The molecule has 0 heterocycles. The van der Waals surface area contributed by atoms with Crippen molar-refractivity contribution < 1.29 is 9.47 Å². The average Bonchev–Trinajstić information content (AvgIpc) is 2.47. The molecule has 0 aliphatic rings. The van der Waals surface area contributed by atoms with E-state index >= 15 is 0 Å². The molecule has 0 radical (unpaired) electrons. The lowest BCUT2D eigenvalue weighted by Crippen LogP contribution is -2.18. The topological polar surface area (TPSA) is 18.5 Å². The third-order valence-corrected chi connectivity index (χ3v) is 3.10. The van der Waals surface area contributed by atoms with Crippen LogP contribution in [-0.2, 0) is 9.47 Å². The minimum Gasteiger partial charge on any atom is -0.353 e. The van der Waals surface area contributed by atoms with Crippen molar-refractivity contribution in [2.45, 2.75) is 77.9 Å².